The van der Waals surface area contributed by atoms with Gasteiger partial charge in [0.05, 0.1) is 19.7 Å². The first-order valence-corrected chi connectivity index (χ1v) is 8.30. The molecule has 0 amide bonds. The third-order valence-electron chi connectivity index (χ3n) is 3.82. The maximum Gasteiger partial charge on any atom is 0.192 e. The van der Waals surface area contributed by atoms with E-state index in [0.717, 1.165) is 6.07 Å². The molecule has 8 heteroatoms. The lowest BCUT2D eigenvalue weighted by Gasteiger charge is -2.19. The van der Waals surface area contributed by atoms with Crippen molar-refractivity contribution in [2.24, 2.45) is 4.99 Å². The van der Waals surface area contributed by atoms with Gasteiger partial charge in [-0.2, -0.15) is 0 Å². The molecular weight excluding hydrogens is 467 g/mol. The van der Waals surface area contributed by atoms with Crippen molar-refractivity contribution >= 4 is 29.9 Å². The van der Waals surface area contributed by atoms with Crippen LogP contribution in [0.2, 0.25) is 0 Å². The number of phenols is 1. The van der Waals surface area contributed by atoms with Gasteiger partial charge in [0.2, 0.25) is 0 Å². The van der Waals surface area contributed by atoms with Crippen LogP contribution in [-0.2, 0) is 6.54 Å². The van der Waals surface area contributed by atoms with Gasteiger partial charge in [0, 0.05) is 23.7 Å². The van der Waals surface area contributed by atoms with Crippen molar-refractivity contribution in [2.45, 2.75) is 26.4 Å². The van der Waals surface area contributed by atoms with Gasteiger partial charge in [-0.1, -0.05) is 6.07 Å². The summed E-state index contributed by atoms with van der Waals surface area (Å²) in [5.41, 5.74) is 0.934. The number of guanidine groups is 1. The van der Waals surface area contributed by atoms with Crippen molar-refractivity contribution in [2.75, 3.05) is 13.7 Å². The average molecular weight is 491 g/mol. The highest BCUT2D eigenvalue weighted by Crippen LogP contribution is 2.23. The fraction of sp³-hybridized carbons (Fsp3) is 0.316. The molecule has 148 valence electrons. The molecule has 0 radical (unpaired) electrons. The largest absolute Gasteiger partial charge is 0.508 e. The summed E-state index contributed by atoms with van der Waals surface area (Å²) in [6, 6.07) is 7.95. The number of hydrogen-bond acceptors (Lipinski definition) is 3. The summed E-state index contributed by atoms with van der Waals surface area (Å²) in [6.45, 7) is 4.47. The first-order chi connectivity index (χ1) is 12.4. The average Bonchev–Trinajstić information content (AvgIpc) is 2.60. The number of halogens is 3. The Morgan fingerprint density at radius 1 is 1.22 bits per heavy atom. The van der Waals surface area contributed by atoms with Crippen LogP contribution in [-0.4, -0.2) is 24.7 Å². The van der Waals surface area contributed by atoms with Gasteiger partial charge in [-0.3, -0.25) is 0 Å². The number of nitrogens with one attached hydrogen (secondary N) is 2. The maximum atomic E-state index is 13.9. The third-order valence-corrected chi connectivity index (χ3v) is 3.82. The Balaban J connectivity index is 0.00000364. The number of ether oxygens (including phenoxy) is 1. The van der Waals surface area contributed by atoms with Crippen molar-refractivity contribution < 1.29 is 18.6 Å². The Bertz CT molecular complexity index is 788. The summed E-state index contributed by atoms with van der Waals surface area (Å²) in [6.07, 6.45) is 0. The number of methoxy groups -OCH3 is 1. The van der Waals surface area contributed by atoms with Gasteiger partial charge in [-0.25, -0.2) is 13.8 Å². The number of rotatable bonds is 6. The van der Waals surface area contributed by atoms with Crippen LogP contribution < -0.4 is 15.4 Å². The van der Waals surface area contributed by atoms with E-state index in [4.69, 9.17) is 4.74 Å². The van der Waals surface area contributed by atoms with Crippen LogP contribution in [0.4, 0.5) is 8.78 Å². The van der Waals surface area contributed by atoms with Crippen LogP contribution in [0.1, 0.15) is 31.0 Å². The number of aromatic hydroxyl groups is 1. The molecule has 0 aliphatic carbocycles. The second kappa shape index (κ2) is 10.9. The second-order valence-electron chi connectivity index (χ2n) is 5.72. The molecule has 1 unspecified atom stereocenters. The number of hydrogen-bond donors (Lipinski definition) is 3. The summed E-state index contributed by atoms with van der Waals surface area (Å²) in [4.78, 5) is 4.42. The van der Waals surface area contributed by atoms with Crippen LogP contribution in [0.5, 0.6) is 11.5 Å². The van der Waals surface area contributed by atoms with Gasteiger partial charge in [0.15, 0.2) is 5.96 Å². The molecule has 0 aromatic heterocycles. The van der Waals surface area contributed by atoms with Crippen molar-refractivity contribution in [1.82, 2.24) is 10.6 Å². The minimum absolute atomic E-state index is 0. The molecular formula is C19H24F2IN3O2. The smallest absolute Gasteiger partial charge is 0.192 e. The molecule has 0 aliphatic rings. The standard InChI is InChI=1S/C19H23F2N3O2.HI/c1-4-22-19(23-11-13-9-15(26-3)6-8-18(13)25)24-12(2)16-7-5-14(20)10-17(16)21;/h5-10,12,25H,4,11H2,1-3H3,(H2,22,23,24);1H. The number of phenolic OH excluding ortho intramolecular Hbond substituents is 1. The van der Waals surface area contributed by atoms with E-state index in [-0.39, 0.29) is 36.3 Å². The minimum atomic E-state index is -0.619. The molecule has 2 aromatic carbocycles. The second-order valence-corrected chi connectivity index (χ2v) is 5.72. The van der Waals surface area contributed by atoms with E-state index in [1.54, 1.807) is 32.2 Å². The molecule has 5 nitrogen and oxygen atoms in total. The molecule has 3 N–H and O–H groups in total. The van der Waals surface area contributed by atoms with Gasteiger partial charge >= 0.3 is 0 Å². The highest BCUT2D eigenvalue weighted by Gasteiger charge is 2.13. The number of benzene rings is 2. The zero-order valence-electron chi connectivity index (χ0n) is 15.4. The Morgan fingerprint density at radius 2 is 1.96 bits per heavy atom. The van der Waals surface area contributed by atoms with Crippen LogP contribution in [0.15, 0.2) is 41.4 Å². The van der Waals surface area contributed by atoms with E-state index in [1.165, 1.54) is 12.1 Å². The number of nitrogens with zero attached hydrogens (tertiary/aromatic N) is 1. The van der Waals surface area contributed by atoms with Gasteiger partial charge in [0.1, 0.15) is 23.1 Å². The molecule has 0 aliphatic heterocycles. The Hall–Kier alpha value is -2.10. The molecule has 1 atom stereocenters. The molecule has 0 spiro atoms. The molecule has 0 bridgehead atoms. The van der Waals surface area contributed by atoms with E-state index in [0.29, 0.717) is 29.4 Å². The highest BCUT2D eigenvalue weighted by atomic mass is 127. The molecule has 0 saturated carbocycles. The molecule has 0 saturated heterocycles. The summed E-state index contributed by atoms with van der Waals surface area (Å²) in [5.74, 6) is -0.0551. The van der Waals surface area contributed by atoms with Gasteiger partial charge in [-0.15, -0.1) is 24.0 Å². The highest BCUT2D eigenvalue weighted by molar-refractivity contribution is 14.0. The van der Waals surface area contributed by atoms with E-state index < -0.39 is 17.7 Å². The summed E-state index contributed by atoms with van der Waals surface area (Å²) < 4.78 is 32.2. The lowest BCUT2D eigenvalue weighted by Crippen LogP contribution is -2.39. The van der Waals surface area contributed by atoms with Gasteiger partial charge in [0.25, 0.3) is 0 Å². The zero-order valence-corrected chi connectivity index (χ0v) is 17.8. The first kappa shape index (κ1) is 22.9. The number of aliphatic imine (C=N–C) groups is 1. The van der Waals surface area contributed by atoms with Crippen molar-refractivity contribution in [1.29, 1.82) is 0 Å². The van der Waals surface area contributed by atoms with E-state index in [2.05, 4.69) is 15.6 Å². The van der Waals surface area contributed by atoms with E-state index in [1.807, 2.05) is 6.92 Å². The Labute approximate surface area is 174 Å². The molecule has 2 rings (SSSR count). The maximum absolute atomic E-state index is 13.9. The summed E-state index contributed by atoms with van der Waals surface area (Å²) in [5, 5.41) is 16.1. The van der Waals surface area contributed by atoms with Crippen molar-refractivity contribution in [3.8, 4) is 11.5 Å². The van der Waals surface area contributed by atoms with Crippen LogP contribution in [0, 0.1) is 11.6 Å². The summed E-state index contributed by atoms with van der Waals surface area (Å²) >= 11 is 0. The quantitative estimate of drug-likeness (QED) is 0.323. The fourth-order valence-electron chi connectivity index (χ4n) is 2.44. The molecule has 27 heavy (non-hydrogen) atoms. The van der Waals surface area contributed by atoms with Crippen LogP contribution in [0.3, 0.4) is 0 Å². The monoisotopic (exact) mass is 491 g/mol. The van der Waals surface area contributed by atoms with Gasteiger partial charge < -0.3 is 20.5 Å². The Kier molecular flexibility index (Phi) is 9.27. The predicted molar refractivity (Wildman–Crippen MR) is 113 cm³/mol. The van der Waals surface area contributed by atoms with Crippen molar-refractivity contribution in [3.63, 3.8) is 0 Å². The van der Waals surface area contributed by atoms with E-state index in [9.17, 15) is 13.9 Å². The fourth-order valence-corrected chi connectivity index (χ4v) is 2.44. The molecule has 0 fully saturated rings. The third kappa shape index (κ3) is 6.53. The molecule has 0 heterocycles. The summed E-state index contributed by atoms with van der Waals surface area (Å²) in [7, 11) is 1.55. The molecule has 2 aromatic rings. The van der Waals surface area contributed by atoms with Gasteiger partial charge in [-0.05, 0) is 38.1 Å². The van der Waals surface area contributed by atoms with E-state index >= 15 is 0 Å². The normalized spacial score (nSPS) is 12.1. The lowest BCUT2D eigenvalue weighted by molar-refractivity contribution is 0.411. The zero-order chi connectivity index (χ0) is 19.1. The Morgan fingerprint density at radius 3 is 2.59 bits per heavy atom. The van der Waals surface area contributed by atoms with Crippen LogP contribution >= 0.6 is 24.0 Å². The topological polar surface area (TPSA) is 65.9 Å². The minimum Gasteiger partial charge on any atom is -0.508 e. The SMILES string of the molecule is CCNC(=NCc1cc(OC)ccc1O)NC(C)c1ccc(F)cc1F.I. The van der Waals surface area contributed by atoms with Crippen molar-refractivity contribution in [3.05, 3.63) is 59.2 Å². The predicted octanol–water partition coefficient (Wildman–Crippen LogP) is 4.11. The van der Waals surface area contributed by atoms with Crippen LogP contribution in [0.25, 0.3) is 0 Å². The first-order valence-electron chi connectivity index (χ1n) is 8.30. The lowest BCUT2D eigenvalue weighted by atomic mass is 10.1.